The van der Waals surface area contributed by atoms with E-state index in [0.717, 1.165) is 25.2 Å². The number of aliphatic hydroxyl groups excluding tert-OH is 1. The van der Waals surface area contributed by atoms with Gasteiger partial charge in [-0.05, 0) is 49.9 Å². The molecule has 0 amide bonds. The normalized spacial score (nSPS) is 18.8. The average Bonchev–Trinajstić information content (AvgIpc) is 3.19. The molecule has 1 atom stereocenters. The molecule has 0 aliphatic carbocycles. The summed E-state index contributed by atoms with van der Waals surface area (Å²) < 4.78 is 14.9. The third-order valence-corrected chi connectivity index (χ3v) is 5.72. The number of halogens is 1. The predicted octanol–water partition coefficient (Wildman–Crippen LogP) is 3.32. The lowest BCUT2D eigenvalue weighted by atomic mass is 9.98. The maximum absolute atomic E-state index is 14.9. The first kappa shape index (κ1) is 21.0. The lowest BCUT2D eigenvalue weighted by Gasteiger charge is -2.33. The van der Waals surface area contributed by atoms with Crippen LogP contribution in [0.15, 0.2) is 35.3 Å². The highest BCUT2D eigenvalue weighted by atomic mass is 19.1. The van der Waals surface area contributed by atoms with Crippen molar-refractivity contribution < 1.29 is 14.4 Å². The van der Waals surface area contributed by atoms with E-state index in [2.05, 4.69) is 15.3 Å². The van der Waals surface area contributed by atoms with Crippen LogP contribution in [0.5, 0.6) is 0 Å². The van der Waals surface area contributed by atoms with Crippen LogP contribution >= 0.6 is 0 Å². The fourth-order valence-corrected chi connectivity index (χ4v) is 4.08. The number of anilines is 4. The molecule has 9 nitrogen and oxygen atoms in total. The van der Waals surface area contributed by atoms with Crippen molar-refractivity contribution in [3.8, 4) is 0 Å². The average molecular weight is 428 g/mol. The molecule has 0 bridgehead atoms. The number of benzene rings is 1. The Bertz CT molecular complexity index is 1010. The van der Waals surface area contributed by atoms with Crippen molar-refractivity contribution in [2.45, 2.75) is 19.8 Å². The summed E-state index contributed by atoms with van der Waals surface area (Å²) in [5, 5.41) is 23.8. The molecule has 1 saturated heterocycles. The van der Waals surface area contributed by atoms with Gasteiger partial charge in [0.15, 0.2) is 0 Å². The van der Waals surface area contributed by atoms with Crippen LogP contribution in [0.25, 0.3) is 0 Å². The molecule has 10 heteroatoms. The van der Waals surface area contributed by atoms with Crippen molar-refractivity contribution in [3.05, 3.63) is 46.3 Å². The largest absolute Gasteiger partial charge is 0.396 e. The van der Waals surface area contributed by atoms with Gasteiger partial charge in [-0.1, -0.05) is 0 Å². The van der Waals surface area contributed by atoms with Gasteiger partial charge in [0, 0.05) is 38.0 Å². The fourth-order valence-electron chi connectivity index (χ4n) is 4.08. The molecular formula is C21H25FN6O3. The molecule has 1 unspecified atom stereocenters. The minimum Gasteiger partial charge on any atom is -0.396 e. The first-order valence-corrected chi connectivity index (χ1v) is 10.3. The Morgan fingerprint density at radius 1 is 1.32 bits per heavy atom. The summed E-state index contributed by atoms with van der Waals surface area (Å²) in [4.78, 5) is 23.5. The highest BCUT2D eigenvalue weighted by molar-refractivity contribution is 5.97. The highest BCUT2D eigenvalue weighted by Crippen LogP contribution is 2.32. The summed E-state index contributed by atoms with van der Waals surface area (Å²) in [6, 6.07) is 7.64. The third-order valence-electron chi connectivity index (χ3n) is 5.72. The van der Waals surface area contributed by atoms with Gasteiger partial charge >= 0.3 is 5.69 Å². The van der Waals surface area contributed by atoms with Crippen molar-refractivity contribution in [2.75, 3.05) is 47.9 Å². The topological polar surface area (TPSA) is 107 Å². The Morgan fingerprint density at radius 3 is 2.84 bits per heavy atom. The number of nitrogens with one attached hydrogen (secondary N) is 1. The maximum atomic E-state index is 14.9. The van der Waals surface area contributed by atoms with Crippen molar-refractivity contribution in [2.24, 2.45) is 10.9 Å². The second kappa shape index (κ2) is 8.84. The second-order valence-corrected chi connectivity index (χ2v) is 7.80. The summed E-state index contributed by atoms with van der Waals surface area (Å²) in [6.45, 7) is 4.58. The van der Waals surface area contributed by atoms with E-state index in [-0.39, 0.29) is 24.0 Å². The van der Waals surface area contributed by atoms with E-state index < -0.39 is 10.7 Å². The Morgan fingerprint density at radius 2 is 2.16 bits per heavy atom. The summed E-state index contributed by atoms with van der Waals surface area (Å²) in [6.07, 6.45) is 1.83. The van der Waals surface area contributed by atoms with Crippen molar-refractivity contribution in [1.29, 1.82) is 0 Å². The molecule has 1 aromatic carbocycles. The van der Waals surface area contributed by atoms with E-state index in [0.29, 0.717) is 36.8 Å². The maximum Gasteiger partial charge on any atom is 0.311 e. The van der Waals surface area contributed by atoms with Gasteiger partial charge in [0.1, 0.15) is 17.5 Å². The number of rotatable bonds is 6. The summed E-state index contributed by atoms with van der Waals surface area (Å²) in [7, 11) is 0. The van der Waals surface area contributed by atoms with Crippen LogP contribution in [0, 0.1) is 21.8 Å². The lowest BCUT2D eigenvalue weighted by Crippen LogP contribution is -2.37. The summed E-state index contributed by atoms with van der Waals surface area (Å²) >= 11 is 0. The van der Waals surface area contributed by atoms with Gasteiger partial charge in [0.05, 0.1) is 17.2 Å². The van der Waals surface area contributed by atoms with Gasteiger partial charge in [0.2, 0.25) is 5.82 Å². The van der Waals surface area contributed by atoms with Gasteiger partial charge in [-0.3, -0.25) is 15.1 Å². The van der Waals surface area contributed by atoms with Gasteiger partial charge in [-0.2, -0.15) is 0 Å². The number of piperidine rings is 1. The van der Waals surface area contributed by atoms with Crippen LogP contribution < -0.4 is 15.1 Å². The van der Waals surface area contributed by atoms with Crippen LogP contribution in [0.1, 0.15) is 19.8 Å². The molecule has 1 aromatic heterocycles. The lowest BCUT2D eigenvalue weighted by molar-refractivity contribution is -0.384. The molecule has 2 N–H and O–H groups in total. The first-order chi connectivity index (χ1) is 15.0. The molecule has 31 heavy (non-hydrogen) atoms. The van der Waals surface area contributed by atoms with Gasteiger partial charge in [-0.15, -0.1) is 0 Å². The van der Waals surface area contributed by atoms with Crippen molar-refractivity contribution in [3.63, 3.8) is 0 Å². The molecule has 2 aliphatic heterocycles. The van der Waals surface area contributed by atoms with Crippen LogP contribution in [0.4, 0.5) is 33.1 Å². The number of hydrogen-bond acceptors (Lipinski definition) is 8. The molecule has 0 saturated carbocycles. The van der Waals surface area contributed by atoms with E-state index in [1.807, 2.05) is 16.7 Å². The number of aromatic nitrogens is 1. The molecule has 2 aromatic rings. The fraction of sp³-hybridized carbons (Fsp3) is 0.429. The minimum absolute atomic E-state index is 0.0488. The van der Waals surface area contributed by atoms with Crippen LogP contribution in [0.2, 0.25) is 0 Å². The Labute approximate surface area is 179 Å². The number of nitro groups is 1. The van der Waals surface area contributed by atoms with Gasteiger partial charge in [-0.25, -0.2) is 9.37 Å². The smallest absolute Gasteiger partial charge is 0.311 e. The molecule has 4 rings (SSSR count). The Hall–Kier alpha value is -3.27. The number of amidine groups is 1. The summed E-state index contributed by atoms with van der Waals surface area (Å²) in [5.41, 5.74) is 0.643. The van der Waals surface area contributed by atoms with Crippen molar-refractivity contribution in [1.82, 2.24) is 4.98 Å². The second-order valence-electron chi connectivity index (χ2n) is 7.80. The van der Waals surface area contributed by atoms with E-state index in [1.54, 1.807) is 18.2 Å². The molecule has 2 aliphatic rings. The van der Waals surface area contributed by atoms with Gasteiger partial charge < -0.3 is 20.2 Å². The Balaban J connectivity index is 1.59. The Kier molecular flexibility index (Phi) is 5.99. The molecular weight excluding hydrogens is 403 g/mol. The highest BCUT2D eigenvalue weighted by Gasteiger charge is 2.24. The van der Waals surface area contributed by atoms with E-state index in [1.165, 1.54) is 12.1 Å². The van der Waals surface area contributed by atoms with Gasteiger partial charge in [0.25, 0.3) is 0 Å². The molecule has 164 valence electrons. The number of aliphatic hydroxyl groups is 1. The summed E-state index contributed by atoms with van der Waals surface area (Å²) in [5.74, 6) is 1.11. The molecule has 0 spiro atoms. The zero-order valence-corrected chi connectivity index (χ0v) is 17.3. The SMILES string of the molecule is CC1=NCCN1c1ccc([N+](=O)[O-])c(Nc2ccc(N3CCCC(CO)C3)c(F)c2)n1. The monoisotopic (exact) mass is 428 g/mol. The predicted molar refractivity (Wildman–Crippen MR) is 118 cm³/mol. The first-order valence-electron chi connectivity index (χ1n) is 10.3. The molecule has 3 heterocycles. The number of aliphatic imine (C=N–C) groups is 1. The van der Waals surface area contributed by atoms with Crippen LogP contribution in [0.3, 0.4) is 0 Å². The zero-order chi connectivity index (χ0) is 22.0. The number of nitrogens with zero attached hydrogens (tertiary/aromatic N) is 5. The third kappa shape index (κ3) is 4.43. The van der Waals surface area contributed by atoms with E-state index >= 15 is 0 Å². The molecule has 1 fully saturated rings. The van der Waals surface area contributed by atoms with E-state index in [9.17, 15) is 19.6 Å². The quantitative estimate of drug-likeness (QED) is 0.537. The number of pyridine rings is 1. The molecule has 0 radical (unpaired) electrons. The number of hydrogen-bond donors (Lipinski definition) is 2. The van der Waals surface area contributed by atoms with E-state index in [4.69, 9.17) is 0 Å². The van der Waals surface area contributed by atoms with Crippen molar-refractivity contribution >= 4 is 34.5 Å². The standard InChI is InChI=1S/C21H25FN6O3/c1-14-23-8-10-27(14)20-7-6-19(28(30)31)21(25-20)24-16-4-5-18(17(22)11-16)26-9-2-3-15(12-26)13-29/h4-7,11,15,29H,2-3,8-10,12-13H2,1H3,(H,24,25). The van der Waals surface area contributed by atoms with Crippen LogP contribution in [-0.2, 0) is 0 Å². The minimum atomic E-state index is -0.516. The van der Waals surface area contributed by atoms with Crippen LogP contribution in [-0.4, -0.2) is 53.6 Å². The zero-order valence-electron chi connectivity index (χ0n) is 17.3.